The number of nitriles is 2. The Morgan fingerprint density at radius 2 is 1.07 bits per heavy atom. The summed E-state index contributed by atoms with van der Waals surface area (Å²) in [6.45, 7) is 5.07. The van der Waals surface area contributed by atoms with Crippen LogP contribution in [0.4, 0.5) is 17.6 Å². The molecule has 8 rings (SSSR count). The molecule has 0 spiro atoms. The Morgan fingerprint density at radius 1 is 0.691 bits per heavy atom. The number of hydrogen-bond donors (Lipinski definition) is 2. The van der Waals surface area contributed by atoms with Gasteiger partial charge in [0.2, 0.25) is 0 Å². The van der Waals surface area contributed by atoms with E-state index in [-0.39, 0.29) is 70.2 Å². The number of alkyl halides is 2. The van der Waals surface area contributed by atoms with Crippen LogP contribution in [0.1, 0.15) is 106 Å². The topological polar surface area (TPSA) is 269 Å². The lowest BCUT2D eigenvalue weighted by molar-refractivity contribution is 0.0978. The summed E-state index contributed by atoms with van der Waals surface area (Å²) in [7, 11) is -6.07. The SMILES string of the molecule is Cc1cc(C#N)cnc1C(=O)Cc1ccc(F)c([C@]2(CF)C[S@@]3(=O)=NCCC[C@@]3(C)C(N)=N2)n1.Cc1cc(C#N)cnc1C(=O)Cc1ccc(F)c([C@]2(CF)C[S@]3(=O)=NCCC[C@]3(C)C(N)=N2)n1. The highest BCUT2D eigenvalue weighted by molar-refractivity contribution is 7.96. The Morgan fingerprint density at radius 3 is 1.41 bits per heavy atom. The fourth-order valence-electron chi connectivity index (χ4n) is 8.94. The third-order valence-corrected chi connectivity index (χ3v) is 19.6. The first-order valence-electron chi connectivity index (χ1n) is 21.5. The normalized spacial score (nSPS) is 28.3. The molecule has 6 atom stereocenters. The number of Topliss-reactive ketones (excluding diaryl/α,β-unsaturated/α-hetero) is 2. The number of aryl methyl sites for hydroxylation is 2. The molecular weight excluding hydrogens is 925 g/mol. The van der Waals surface area contributed by atoms with Crippen molar-refractivity contribution in [3.8, 4) is 12.1 Å². The van der Waals surface area contributed by atoms with Gasteiger partial charge in [-0.3, -0.25) is 39.5 Å². The van der Waals surface area contributed by atoms with E-state index >= 15 is 0 Å². The van der Waals surface area contributed by atoms with Gasteiger partial charge in [-0.15, -0.1) is 0 Å². The van der Waals surface area contributed by atoms with Gasteiger partial charge in [-0.1, -0.05) is 0 Å². The predicted octanol–water partition coefficient (Wildman–Crippen LogP) is 5.55. The van der Waals surface area contributed by atoms with Gasteiger partial charge in [-0.05, 0) is 101 Å². The van der Waals surface area contributed by atoms with E-state index in [9.17, 15) is 35.6 Å². The number of amidine groups is 2. The van der Waals surface area contributed by atoms with Gasteiger partial charge in [0.15, 0.2) is 11.6 Å². The molecule has 4 aliphatic rings. The van der Waals surface area contributed by atoms with Gasteiger partial charge in [0.05, 0.1) is 54.9 Å². The quantitative estimate of drug-likeness (QED) is 0.146. The standard InChI is InChI=1S/2C23H24F2N6O2S/c2*1-14-8-15(10-26)11-28-19(14)18(32)9-16-4-5-17(25)20(30-16)23(12-24)13-34(33)22(2,21(27)31-23)6-3-7-29-34/h2*4-5,8,11H,3,6-7,9,12-13H2,1-2H3,(H2,27,31)/t22-,23+,34-;22-,23-,34-/m10/s1. The largest absolute Gasteiger partial charge is 0.386 e. The molecule has 68 heavy (non-hydrogen) atoms. The molecule has 0 aromatic carbocycles. The smallest absolute Gasteiger partial charge is 0.187 e. The molecule has 4 aromatic heterocycles. The van der Waals surface area contributed by atoms with E-state index in [2.05, 4.69) is 38.6 Å². The molecule has 0 radical (unpaired) electrons. The van der Waals surface area contributed by atoms with Crippen molar-refractivity contribution in [2.24, 2.45) is 30.2 Å². The predicted molar refractivity (Wildman–Crippen MR) is 246 cm³/mol. The van der Waals surface area contributed by atoms with Crippen molar-refractivity contribution in [1.82, 2.24) is 19.9 Å². The van der Waals surface area contributed by atoms with E-state index in [1.54, 1.807) is 39.8 Å². The molecule has 0 saturated heterocycles. The summed E-state index contributed by atoms with van der Waals surface area (Å²) < 4.78 is 93.3. The van der Waals surface area contributed by atoms with Gasteiger partial charge < -0.3 is 11.5 Å². The van der Waals surface area contributed by atoms with E-state index in [0.29, 0.717) is 61.0 Å². The summed E-state index contributed by atoms with van der Waals surface area (Å²) in [6.07, 6.45) is 4.48. The van der Waals surface area contributed by atoms with Crippen LogP contribution >= 0.6 is 0 Å². The summed E-state index contributed by atoms with van der Waals surface area (Å²) >= 11 is 0. The van der Waals surface area contributed by atoms with Crippen LogP contribution in [0.25, 0.3) is 0 Å². The van der Waals surface area contributed by atoms with Gasteiger partial charge in [0, 0.05) is 36.9 Å². The molecule has 0 bridgehead atoms. The lowest BCUT2D eigenvalue weighted by atomic mass is 9.95. The number of nitrogens with zero attached hydrogens (tertiary/aromatic N) is 10. The third kappa shape index (κ3) is 8.64. The van der Waals surface area contributed by atoms with Crippen molar-refractivity contribution in [1.29, 1.82) is 10.5 Å². The van der Waals surface area contributed by atoms with Crippen molar-refractivity contribution in [3.63, 3.8) is 0 Å². The van der Waals surface area contributed by atoms with Crippen LogP contribution in [0, 0.1) is 48.1 Å². The van der Waals surface area contributed by atoms with Gasteiger partial charge in [-0.25, -0.2) is 34.7 Å². The first-order valence-corrected chi connectivity index (χ1v) is 24.9. The van der Waals surface area contributed by atoms with Crippen molar-refractivity contribution in [2.75, 3.05) is 37.9 Å². The number of halogens is 4. The van der Waals surface area contributed by atoms with E-state index in [1.165, 1.54) is 24.5 Å². The minimum Gasteiger partial charge on any atom is -0.386 e. The van der Waals surface area contributed by atoms with E-state index in [1.807, 2.05) is 12.1 Å². The zero-order chi connectivity index (χ0) is 49.5. The number of carbonyl (C=O) groups is 2. The first-order chi connectivity index (χ1) is 32.1. The number of aromatic nitrogens is 4. The van der Waals surface area contributed by atoms with Crippen LogP contribution in [0.3, 0.4) is 0 Å². The maximum absolute atomic E-state index is 15.0. The molecule has 22 heteroatoms. The number of fused-ring (bicyclic) bond motifs is 2. The lowest BCUT2D eigenvalue weighted by Crippen LogP contribution is -2.59. The van der Waals surface area contributed by atoms with Crippen molar-refractivity contribution < 1.29 is 35.6 Å². The van der Waals surface area contributed by atoms with Gasteiger partial charge in [-0.2, -0.15) is 10.5 Å². The van der Waals surface area contributed by atoms with Crippen LogP contribution in [-0.4, -0.2) is 99.0 Å². The molecule has 0 unspecified atom stereocenters. The van der Waals surface area contributed by atoms with Crippen LogP contribution in [0.2, 0.25) is 0 Å². The van der Waals surface area contributed by atoms with E-state index in [0.717, 1.165) is 12.1 Å². The van der Waals surface area contributed by atoms with Crippen molar-refractivity contribution >= 4 is 42.7 Å². The summed E-state index contributed by atoms with van der Waals surface area (Å²) in [4.78, 5) is 50.9. The third-order valence-electron chi connectivity index (χ3n) is 13.0. The lowest BCUT2D eigenvalue weighted by Gasteiger charge is -2.44. The Labute approximate surface area is 391 Å². The molecule has 0 saturated carbocycles. The fourth-order valence-corrected chi connectivity index (χ4v) is 14.7. The number of rotatable bonds is 10. The first kappa shape index (κ1) is 49.4. The van der Waals surface area contributed by atoms with E-state index < -0.39 is 76.6 Å². The van der Waals surface area contributed by atoms with Crippen LogP contribution in [-0.2, 0) is 43.4 Å². The molecule has 0 aliphatic carbocycles. The highest BCUT2D eigenvalue weighted by Crippen LogP contribution is 2.44. The Bertz CT molecular complexity index is 2970. The fraction of sp³-hybridized carbons (Fsp3) is 0.435. The second-order valence-corrected chi connectivity index (χ2v) is 23.2. The molecule has 0 amide bonds. The Kier molecular flexibility index (Phi) is 13.5. The van der Waals surface area contributed by atoms with E-state index in [4.69, 9.17) is 22.0 Å². The number of aliphatic imine (C=N–C) groups is 2. The maximum Gasteiger partial charge on any atom is 0.187 e. The zero-order valence-corrected chi connectivity index (χ0v) is 39.3. The summed E-state index contributed by atoms with van der Waals surface area (Å²) in [5.41, 5.74) is 10.3. The molecule has 4 N–H and O–H groups in total. The second-order valence-electron chi connectivity index (χ2n) is 17.7. The van der Waals surface area contributed by atoms with Gasteiger partial charge in [0.1, 0.15) is 92.1 Å². The molecule has 356 valence electrons. The van der Waals surface area contributed by atoms with Crippen molar-refractivity contribution in [3.05, 3.63) is 117 Å². The van der Waals surface area contributed by atoms with Crippen LogP contribution in [0.15, 0.2) is 67.5 Å². The van der Waals surface area contributed by atoms with Crippen LogP contribution in [0.5, 0.6) is 0 Å². The summed E-state index contributed by atoms with van der Waals surface area (Å²) in [5, 5.41) is 18.0. The molecule has 0 fully saturated rings. The Balaban J connectivity index is 0.000000201. The number of pyridine rings is 4. The minimum atomic E-state index is -3.04. The molecule has 4 aromatic rings. The molecule has 16 nitrogen and oxygen atoms in total. The number of hydrogen-bond acceptors (Lipinski definition) is 16. The average Bonchev–Trinajstić information content (AvgIpc) is 3.31. The number of ketones is 2. The van der Waals surface area contributed by atoms with Gasteiger partial charge in [0.25, 0.3) is 0 Å². The molecule has 4 aliphatic heterocycles. The number of carbonyl (C=O) groups excluding carboxylic acids is 2. The maximum atomic E-state index is 15.0. The number of nitrogens with two attached hydrogens (primary N) is 2. The highest BCUT2D eigenvalue weighted by Gasteiger charge is 2.55. The zero-order valence-electron chi connectivity index (χ0n) is 37.7. The summed E-state index contributed by atoms with van der Waals surface area (Å²) in [5.74, 6) is -3.19. The average molecular weight is 973 g/mol. The molecular formula is C46H48F4N12O4S2. The second kappa shape index (κ2) is 18.5. The summed E-state index contributed by atoms with van der Waals surface area (Å²) in [6, 6.07) is 11.8. The van der Waals surface area contributed by atoms with Gasteiger partial charge >= 0.3 is 0 Å². The Hall–Kier alpha value is -6.52. The molecule has 8 heterocycles. The van der Waals surface area contributed by atoms with Crippen molar-refractivity contribution in [2.45, 2.75) is 86.8 Å². The highest BCUT2D eigenvalue weighted by atomic mass is 32.2. The monoisotopic (exact) mass is 972 g/mol. The minimum absolute atomic E-state index is 0.0232. The van der Waals surface area contributed by atoms with Crippen LogP contribution < -0.4 is 11.5 Å².